The Morgan fingerprint density at radius 2 is 2.00 bits per heavy atom. The van der Waals surface area contributed by atoms with Crippen molar-refractivity contribution in [3.63, 3.8) is 0 Å². The van der Waals surface area contributed by atoms with E-state index >= 15 is 0 Å². The van der Waals surface area contributed by atoms with E-state index in [1.165, 1.54) is 29.9 Å². The first-order valence-electron chi connectivity index (χ1n) is 7.25. The number of amides is 1. The van der Waals surface area contributed by atoms with Crippen LogP contribution in [-0.4, -0.2) is 29.3 Å². The highest BCUT2D eigenvalue weighted by molar-refractivity contribution is 7.99. The second-order valence-corrected chi connectivity index (χ2v) is 6.90. The number of alkyl halides is 1. The molecule has 1 aliphatic rings. The molecule has 4 heteroatoms. The van der Waals surface area contributed by atoms with Crippen LogP contribution in [0.15, 0.2) is 30.3 Å². The van der Waals surface area contributed by atoms with Gasteiger partial charge in [0.2, 0.25) is 5.91 Å². The summed E-state index contributed by atoms with van der Waals surface area (Å²) in [6.45, 7) is 0. The van der Waals surface area contributed by atoms with Crippen molar-refractivity contribution in [2.45, 2.75) is 31.7 Å². The first-order chi connectivity index (χ1) is 9.78. The molecule has 0 aromatic heterocycles. The summed E-state index contributed by atoms with van der Waals surface area (Å²) in [5.74, 6) is 3.57. The summed E-state index contributed by atoms with van der Waals surface area (Å²) in [5, 5.41) is 3.08. The molecule has 20 heavy (non-hydrogen) atoms. The fourth-order valence-electron chi connectivity index (χ4n) is 2.54. The Hall–Kier alpha value is -0.670. The Kier molecular flexibility index (Phi) is 6.74. The van der Waals surface area contributed by atoms with Gasteiger partial charge >= 0.3 is 0 Å². The number of thioether (sulfide) groups is 1. The molecule has 0 saturated carbocycles. The maximum atomic E-state index is 12.1. The molecule has 1 fully saturated rings. The van der Waals surface area contributed by atoms with Gasteiger partial charge in [0.15, 0.2) is 0 Å². The molecular formula is C16H22ClNOS. The maximum Gasteiger partial charge on any atom is 0.220 e. The third-order valence-corrected chi connectivity index (χ3v) is 5.11. The summed E-state index contributed by atoms with van der Waals surface area (Å²) in [6, 6.07) is 10.2. The van der Waals surface area contributed by atoms with Crippen molar-refractivity contribution in [3.8, 4) is 0 Å². The van der Waals surface area contributed by atoms with Crippen molar-refractivity contribution in [1.82, 2.24) is 5.32 Å². The van der Waals surface area contributed by atoms with Crippen LogP contribution in [0.2, 0.25) is 0 Å². The van der Waals surface area contributed by atoms with Crippen LogP contribution in [-0.2, 0) is 11.2 Å². The Bertz CT molecular complexity index is 406. The minimum atomic E-state index is 0.0320. The van der Waals surface area contributed by atoms with Crippen molar-refractivity contribution < 1.29 is 4.79 Å². The monoisotopic (exact) mass is 311 g/mol. The molecule has 1 aliphatic heterocycles. The van der Waals surface area contributed by atoms with Crippen molar-refractivity contribution in [1.29, 1.82) is 0 Å². The number of hydrogen-bond donors (Lipinski definition) is 1. The summed E-state index contributed by atoms with van der Waals surface area (Å²) in [5.41, 5.74) is 1.22. The van der Waals surface area contributed by atoms with Crippen molar-refractivity contribution in [2.75, 3.05) is 17.4 Å². The number of halogens is 1. The second-order valence-electron chi connectivity index (χ2n) is 5.37. The third kappa shape index (κ3) is 5.37. The highest BCUT2D eigenvalue weighted by atomic mass is 35.5. The lowest BCUT2D eigenvalue weighted by atomic mass is 9.98. The Balaban J connectivity index is 1.78. The summed E-state index contributed by atoms with van der Waals surface area (Å²) >= 11 is 7.98. The number of carbonyl (C=O) groups is 1. The lowest BCUT2D eigenvalue weighted by Crippen LogP contribution is -2.38. The van der Waals surface area contributed by atoms with E-state index in [0.29, 0.717) is 18.2 Å². The van der Waals surface area contributed by atoms with Crippen LogP contribution in [0.1, 0.15) is 24.8 Å². The van der Waals surface area contributed by atoms with Gasteiger partial charge in [-0.05, 0) is 42.2 Å². The third-order valence-electron chi connectivity index (χ3n) is 3.69. The molecule has 1 N–H and O–H groups in total. The van der Waals surface area contributed by atoms with Gasteiger partial charge in [0.05, 0.1) is 0 Å². The van der Waals surface area contributed by atoms with Crippen molar-refractivity contribution >= 4 is 29.3 Å². The molecule has 0 bridgehead atoms. The SMILES string of the molecule is O=C(CC1CCSCC1)NC(CCl)Cc1ccccc1. The quantitative estimate of drug-likeness (QED) is 0.815. The number of nitrogens with one attached hydrogen (secondary N) is 1. The second kappa shape index (κ2) is 8.58. The van der Waals surface area contributed by atoms with Gasteiger partial charge in [0, 0.05) is 18.3 Å². The summed E-state index contributed by atoms with van der Waals surface area (Å²) in [4.78, 5) is 12.1. The molecule has 1 atom stereocenters. The summed E-state index contributed by atoms with van der Waals surface area (Å²) in [7, 11) is 0. The molecule has 1 heterocycles. The molecule has 1 aromatic carbocycles. The number of carbonyl (C=O) groups excluding carboxylic acids is 1. The molecule has 2 rings (SSSR count). The zero-order valence-corrected chi connectivity index (χ0v) is 13.3. The zero-order valence-electron chi connectivity index (χ0n) is 11.7. The highest BCUT2D eigenvalue weighted by Gasteiger charge is 2.19. The van der Waals surface area contributed by atoms with E-state index in [1.807, 2.05) is 30.0 Å². The van der Waals surface area contributed by atoms with E-state index in [1.54, 1.807) is 0 Å². The van der Waals surface area contributed by atoms with Crippen LogP contribution in [0.5, 0.6) is 0 Å². The number of benzene rings is 1. The largest absolute Gasteiger partial charge is 0.352 e. The Morgan fingerprint density at radius 3 is 2.65 bits per heavy atom. The summed E-state index contributed by atoms with van der Waals surface area (Å²) < 4.78 is 0. The molecule has 110 valence electrons. The van der Waals surface area contributed by atoms with Gasteiger partial charge in [-0.2, -0.15) is 11.8 Å². The standard InChI is InChI=1S/C16H22ClNOS/c17-12-15(10-13-4-2-1-3-5-13)18-16(19)11-14-6-8-20-9-7-14/h1-5,14-15H,6-12H2,(H,18,19). The zero-order chi connectivity index (χ0) is 14.2. The van der Waals surface area contributed by atoms with Gasteiger partial charge < -0.3 is 5.32 Å². The molecule has 1 saturated heterocycles. The molecule has 0 radical (unpaired) electrons. The minimum absolute atomic E-state index is 0.0320. The van der Waals surface area contributed by atoms with Gasteiger partial charge in [-0.3, -0.25) is 4.79 Å². The van der Waals surface area contributed by atoms with Crippen LogP contribution < -0.4 is 5.32 Å². The van der Waals surface area contributed by atoms with Gasteiger partial charge in [-0.1, -0.05) is 30.3 Å². The Morgan fingerprint density at radius 1 is 1.30 bits per heavy atom. The fraction of sp³-hybridized carbons (Fsp3) is 0.562. The lowest BCUT2D eigenvalue weighted by Gasteiger charge is -2.22. The van der Waals surface area contributed by atoms with Crippen LogP contribution in [0.25, 0.3) is 0 Å². The van der Waals surface area contributed by atoms with Gasteiger partial charge in [0.25, 0.3) is 0 Å². The highest BCUT2D eigenvalue weighted by Crippen LogP contribution is 2.25. The normalized spacial score (nSPS) is 17.6. The topological polar surface area (TPSA) is 29.1 Å². The van der Waals surface area contributed by atoms with Gasteiger partial charge in [-0.25, -0.2) is 0 Å². The summed E-state index contributed by atoms with van der Waals surface area (Å²) in [6.07, 6.45) is 3.80. The lowest BCUT2D eigenvalue weighted by molar-refractivity contribution is -0.122. The van der Waals surface area contributed by atoms with Gasteiger partial charge in [0.1, 0.15) is 0 Å². The van der Waals surface area contributed by atoms with Crippen LogP contribution >= 0.6 is 23.4 Å². The smallest absolute Gasteiger partial charge is 0.220 e. The van der Waals surface area contributed by atoms with E-state index in [2.05, 4.69) is 17.4 Å². The van der Waals surface area contributed by atoms with E-state index in [0.717, 1.165) is 6.42 Å². The number of rotatable bonds is 6. The molecule has 2 nitrogen and oxygen atoms in total. The molecule has 1 unspecified atom stereocenters. The number of hydrogen-bond acceptors (Lipinski definition) is 2. The van der Waals surface area contributed by atoms with Crippen LogP contribution in [0.4, 0.5) is 0 Å². The molecule has 1 aromatic rings. The molecule has 0 spiro atoms. The predicted molar refractivity (Wildman–Crippen MR) is 87.5 cm³/mol. The average molecular weight is 312 g/mol. The van der Waals surface area contributed by atoms with E-state index < -0.39 is 0 Å². The van der Waals surface area contributed by atoms with Gasteiger partial charge in [-0.15, -0.1) is 11.6 Å². The maximum absolute atomic E-state index is 12.1. The van der Waals surface area contributed by atoms with Crippen molar-refractivity contribution in [3.05, 3.63) is 35.9 Å². The Labute approximate surface area is 130 Å². The molecule has 0 aliphatic carbocycles. The first kappa shape index (κ1) is 15.7. The minimum Gasteiger partial charge on any atom is -0.352 e. The average Bonchev–Trinajstić information content (AvgIpc) is 2.48. The van der Waals surface area contributed by atoms with Crippen molar-refractivity contribution in [2.24, 2.45) is 5.92 Å². The van der Waals surface area contributed by atoms with E-state index in [9.17, 15) is 4.79 Å². The van der Waals surface area contributed by atoms with Crippen LogP contribution in [0, 0.1) is 5.92 Å². The van der Waals surface area contributed by atoms with Crippen LogP contribution in [0.3, 0.4) is 0 Å². The molecule has 1 amide bonds. The predicted octanol–water partition coefficient (Wildman–Crippen LogP) is 3.49. The van der Waals surface area contributed by atoms with E-state index in [4.69, 9.17) is 11.6 Å². The first-order valence-corrected chi connectivity index (χ1v) is 8.94. The van der Waals surface area contributed by atoms with E-state index in [-0.39, 0.29) is 11.9 Å². The fourth-order valence-corrected chi connectivity index (χ4v) is 3.93. The molecular weight excluding hydrogens is 290 g/mol.